The number of halogens is 4. The van der Waals surface area contributed by atoms with Gasteiger partial charge in [-0.05, 0) is 62.1 Å². The zero-order valence-electron chi connectivity index (χ0n) is 16.5. The third-order valence-electron chi connectivity index (χ3n) is 5.73. The number of rotatable bonds is 5. The average molecular weight is 421 g/mol. The zero-order chi connectivity index (χ0) is 21.3. The fourth-order valence-electron chi connectivity index (χ4n) is 3.95. The molecule has 0 amide bonds. The van der Waals surface area contributed by atoms with E-state index in [9.17, 15) is 17.6 Å². The second-order valence-electron chi connectivity index (χ2n) is 7.78. The van der Waals surface area contributed by atoms with Crippen LogP contribution in [0.15, 0.2) is 42.6 Å². The van der Waals surface area contributed by atoms with E-state index in [1.165, 1.54) is 18.3 Å². The van der Waals surface area contributed by atoms with Crippen LogP contribution >= 0.6 is 0 Å². The molecule has 1 N–H and O–H groups in total. The third-order valence-corrected chi connectivity index (χ3v) is 5.73. The summed E-state index contributed by atoms with van der Waals surface area (Å²) in [5, 5.41) is 7.09. The van der Waals surface area contributed by atoms with Crippen LogP contribution in [0.1, 0.15) is 37.0 Å². The van der Waals surface area contributed by atoms with Crippen molar-refractivity contribution < 1.29 is 22.3 Å². The number of H-pyrrole nitrogens is 1. The molecule has 160 valence electrons. The van der Waals surface area contributed by atoms with Crippen LogP contribution in [-0.2, 0) is 10.9 Å². The number of ether oxygens (including phenoxy) is 1. The number of benzene rings is 2. The van der Waals surface area contributed by atoms with E-state index in [4.69, 9.17) is 4.74 Å². The number of anilines is 1. The lowest BCUT2D eigenvalue weighted by molar-refractivity contribution is -0.137. The van der Waals surface area contributed by atoms with Crippen molar-refractivity contribution in [3.63, 3.8) is 0 Å². The normalized spacial score (nSPS) is 16.9. The first kappa shape index (κ1) is 20.7. The highest BCUT2D eigenvalue weighted by atomic mass is 19.4. The van der Waals surface area contributed by atoms with Crippen molar-refractivity contribution in [2.45, 2.75) is 32.0 Å². The Hall–Kier alpha value is -2.61. The largest absolute Gasteiger partial charge is 0.416 e. The van der Waals surface area contributed by atoms with Crippen LogP contribution in [0.25, 0.3) is 10.9 Å². The van der Waals surface area contributed by atoms with Crippen molar-refractivity contribution in [2.24, 2.45) is 5.92 Å². The van der Waals surface area contributed by atoms with Crippen LogP contribution in [0, 0.1) is 11.7 Å². The molecule has 1 aliphatic heterocycles. The minimum absolute atomic E-state index is 0.253. The predicted molar refractivity (Wildman–Crippen MR) is 107 cm³/mol. The number of piperidine rings is 1. The van der Waals surface area contributed by atoms with E-state index in [1.807, 2.05) is 0 Å². The summed E-state index contributed by atoms with van der Waals surface area (Å²) in [6.07, 6.45) is -1.71. The van der Waals surface area contributed by atoms with Gasteiger partial charge in [0.15, 0.2) is 0 Å². The molecule has 0 spiro atoms. The van der Waals surface area contributed by atoms with Gasteiger partial charge in [-0.25, -0.2) is 4.39 Å². The van der Waals surface area contributed by atoms with Gasteiger partial charge < -0.3 is 9.64 Å². The number of fused-ring (bicyclic) bond motifs is 1. The molecule has 3 aromatic rings. The van der Waals surface area contributed by atoms with Gasteiger partial charge in [0.2, 0.25) is 0 Å². The Morgan fingerprint density at radius 2 is 1.87 bits per heavy atom. The van der Waals surface area contributed by atoms with Gasteiger partial charge in [0.25, 0.3) is 0 Å². The zero-order valence-corrected chi connectivity index (χ0v) is 16.5. The topological polar surface area (TPSA) is 41.1 Å². The Kier molecular flexibility index (Phi) is 5.69. The molecule has 0 saturated carbocycles. The van der Waals surface area contributed by atoms with Gasteiger partial charge >= 0.3 is 6.18 Å². The molecular weight excluding hydrogens is 398 g/mol. The smallest absolute Gasteiger partial charge is 0.373 e. The summed E-state index contributed by atoms with van der Waals surface area (Å²) in [6, 6.07) is 8.70. The second kappa shape index (κ2) is 8.26. The summed E-state index contributed by atoms with van der Waals surface area (Å²) in [6.45, 7) is 3.92. The molecule has 1 atom stereocenters. The van der Waals surface area contributed by atoms with Crippen molar-refractivity contribution in [3.05, 3.63) is 59.5 Å². The number of hydrogen-bond donors (Lipinski definition) is 1. The maximum atomic E-state index is 13.2. The second-order valence-corrected chi connectivity index (χ2v) is 7.78. The van der Waals surface area contributed by atoms with Gasteiger partial charge in [0.05, 0.1) is 30.0 Å². The molecule has 1 saturated heterocycles. The Bertz CT molecular complexity index is 992. The number of aromatic amines is 1. The van der Waals surface area contributed by atoms with Crippen LogP contribution in [0.5, 0.6) is 0 Å². The van der Waals surface area contributed by atoms with Crippen molar-refractivity contribution in [3.8, 4) is 0 Å². The van der Waals surface area contributed by atoms with Crippen LogP contribution < -0.4 is 4.90 Å². The number of nitrogens with one attached hydrogen (secondary N) is 1. The van der Waals surface area contributed by atoms with E-state index in [1.54, 1.807) is 19.1 Å². The highest BCUT2D eigenvalue weighted by Crippen LogP contribution is 2.35. The van der Waals surface area contributed by atoms with Gasteiger partial charge in [0.1, 0.15) is 5.82 Å². The van der Waals surface area contributed by atoms with E-state index in [0.29, 0.717) is 29.0 Å². The minimum Gasteiger partial charge on any atom is -0.373 e. The molecule has 2 heterocycles. The van der Waals surface area contributed by atoms with E-state index in [0.717, 1.165) is 43.8 Å². The summed E-state index contributed by atoms with van der Waals surface area (Å²) in [4.78, 5) is 2.21. The molecule has 0 radical (unpaired) electrons. The number of nitrogens with zero attached hydrogens (tertiary/aromatic N) is 2. The number of hydrogen-bond acceptors (Lipinski definition) is 3. The third kappa shape index (κ3) is 4.43. The summed E-state index contributed by atoms with van der Waals surface area (Å²) in [7, 11) is 0. The molecule has 4 nitrogen and oxygen atoms in total. The van der Waals surface area contributed by atoms with Gasteiger partial charge in [0, 0.05) is 29.7 Å². The van der Waals surface area contributed by atoms with Gasteiger partial charge in [-0.3, -0.25) is 5.10 Å². The highest BCUT2D eigenvalue weighted by Gasteiger charge is 2.32. The summed E-state index contributed by atoms with van der Waals surface area (Å²) in [5.74, 6) is 0.0733. The molecule has 8 heteroatoms. The molecule has 1 aromatic heterocycles. The fraction of sp³-hybridized carbons (Fsp3) is 0.409. The maximum absolute atomic E-state index is 13.2. The lowest BCUT2D eigenvalue weighted by Gasteiger charge is -2.34. The van der Waals surface area contributed by atoms with Crippen LogP contribution in [0.2, 0.25) is 0 Å². The molecule has 30 heavy (non-hydrogen) atoms. The molecule has 0 aliphatic carbocycles. The number of alkyl halides is 3. The van der Waals surface area contributed by atoms with Crippen molar-refractivity contribution in [1.82, 2.24) is 10.2 Å². The molecule has 4 rings (SSSR count). The van der Waals surface area contributed by atoms with E-state index in [2.05, 4.69) is 15.1 Å². The van der Waals surface area contributed by atoms with E-state index < -0.39 is 17.8 Å². The first-order valence-corrected chi connectivity index (χ1v) is 9.97. The monoisotopic (exact) mass is 421 g/mol. The first-order chi connectivity index (χ1) is 14.3. The Morgan fingerprint density at radius 3 is 2.53 bits per heavy atom. The van der Waals surface area contributed by atoms with Crippen molar-refractivity contribution in [1.29, 1.82) is 0 Å². The van der Waals surface area contributed by atoms with Gasteiger partial charge in [-0.1, -0.05) is 0 Å². The van der Waals surface area contributed by atoms with E-state index in [-0.39, 0.29) is 5.82 Å². The van der Waals surface area contributed by atoms with Crippen LogP contribution in [0.4, 0.5) is 23.2 Å². The quantitative estimate of drug-likeness (QED) is 0.536. The molecule has 1 fully saturated rings. The SMILES string of the molecule is CC(OCC1CCN(c2ccc(F)cc2)CC1)c1cc(C(F)(F)F)cc2cn[nH]c12. The molecule has 2 aromatic carbocycles. The Morgan fingerprint density at radius 1 is 1.17 bits per heavy atom. The number of aromatic nitrogens is 2. The molecular formula is C22H23F4N3O. The summed E-state index contributed by atoms with van der Waals surface area (Å²) < 4.78 is 58.8. The average Bonchev–Trinajstić information content (AvgIpc) is 3.20. The van der Waals surface area contributed by atoms with Crippen molar-refractivity contribution >= 4 is 16.6 Å². The lowest BCUT2D eigenvalue weighted by Crippen LogP contribution is -2.35. The van der Waals surface area contributed by atoms with E-state index >= 15 is 0 Å². The summed E-state index contributed by atoms with van der Waals surface area (Å²) >= 11 is 0. The molecule has 1 unspecified atom stereocenters. The van der Waals surface area contributed by atoms with Gasteiger partial charge in [-0.2, -0.15) is 18.3 Å². The highest BCUT2D eigenvalue weighted by molar-refractivity contribution is 5.82. The standard InChI is InChI=1S/C22H23F4N3O/c1-14(20-11-17(22(24,25)26)10-16-12-27-28-21(16)20)30-13-15-6-8-29(9-7-15)19-4-2-18(23)3-5-19/h2-5,10-12,14-15H,6-9,13H2,1H3,(H,27,28). The molecule has 0 bridgehead atoms. The van der Waals surface area contributed by atoms with Crippen molar-refractivity contribution in [2.75, 3.05) is 24.6 Å². The summed E-state index contributed by atoms with van der Waals surface area (Å²) in [5.41, 5.74) is 1.33. The first-order valence-electron chi connectivity index (χ1n) is 9.97. The minimum atomic E-state index is -4.42. The predicted octanol–water partition coefficient (Wildman–Crippen LogP) is 5.72. The van der Waals surface area contributed by atoms with Crippen LogP contribution in [-0.4, -0.2) is 29.9 Å². The van der Waals surface area contributed by atoms with Gasteiger partial charge in [-0.15, -0.1) is 0 Å². The molecule has 1 aliphatic rings. The fourth-order valence-corrected chi connectivity index (χ4v) is 3.95. The Labute approximate surface area is 171 Å². The maximum Gasteiger partial charge on any atom is 0.416 e. The van der Waals surface area contributed by atoms with Crippen LogP contribution in [0.3, 0.4) is 0 Å². The Balaban J connectivity index is 1.38. The lowest BCUT2D eigenvalue weighted by atomic mass is 9.97.